The summed E-state index contributed by atoms with van der Waals surface area (Å²) in [6.45, 7) is 8.36. The van der Waals surface area contributed by atoms with E-state index in [0.29, 0.717) is 12.5 Å². The molecule has 2 heterocycles. The minimum absolute atomic E-state index is 0.598. The van der Waals surface area contributed by atoms with Gasteiger partial charge >= 0.3 is 0 Å². The van der Waals surface area contributed by atoms with Crippen LogP contribution in [0.25, 0.3) is 0 Å². The van der Waals surface area contributed by atoms with Crippen molar-refractivity contribution < 1.29 is 9.26 Å². The Labute approximate surface area is 126 Å². The Morgan fingerprint density at radius 3 is 3.10 bits per heavy atom. The van der Waals surface area contributed by atoms with Gasteiger partial charge in [-0.15, -0.1) is 0 Å². The fourth-order valence-electron chi connectivity index (χ4n) is 2.55. The van der Waals surface area contributed by atoms with Crippen molar-refractivity contribution in [3.63, 3.8) is 0 Å². The van der Waals surface area contributed by atoms with Crippen LogP contribution in [0.5, 0.6) is 0 Å². The first-order chi connectivity index (χ1) is 10.3. The lowest BCUT2D eigenvalue weighted by Crippen LogP contribution is -2.39. The summed E-state index contributed by atoms with van der Waals surface area (Å²) in [5.74, 6) is 2.36. The minimum Gasteiger partial charge on any atom is -0.381 e. The van der Waals surface area contributed by atoms with Gasteiger partial charge in [-0.2, -0.15) is 0 Å². The van der Waals surface area contributed by atoms with E-state index in [2.05, 4.69) is 27.3 Å². The van der Waals surface area contributed by atoms with E-state index in [0.717, 1.165) is 56.6 Å². The molecule has 6 heteroatoms. The Morgan fingerprint density at radius 2 is 2.43 bits per heavy atom. The number of guanidine groups is 1. The Kier molecular flexibility index (Phi) is 6.04. The lowest BCUT2D eigenvalue weighted by molar-refractivity contribution is 0.114. The van der Waals surface area contributed by atoms with Gasteiger partial charge in [0.25, 0.3) is 0 Å². The molecule has 1 atom stereocenters. The van der Waals surface area contributed by atoms with Crippen molar-refractivity contribution in [2.24, 2.45) is 10.9 Å². The van der Waals surface area contributed by atoms with Crippen LogP contribution < -0.4 is 5.32 Å². The van der Waals surface area contributed by atoms with Crippen LogP contribution in [0.1, 0.15) is 31.7 Å². The zero-order chi connectivity index (χ0) is 15.1. The highest BCUT2D eigenvalue weighted by molar-refractivity contribution is 5.80. The number of hydrogen-bond donors (Lipinski definition) is 1. The van der Waals surface area contributed by atoms with Crippen LogP contribution in [-0.4, -0.2) is 49.4 Å². The molecule has 1 aliphatic rings. The maximum absolute atomic E-state index is 5.51. The molecule has 1 aliphatic heterocycles. The van der Waals surface area contributed by atoms with E-state index in [1.165, 1.54) is 0 Å². The first-order valence-electron chi connectivity index (χ1n) is 7.74. The highest BCUT2D eigenvalue weighted by atomic mass is 16.5. The quantitative estimate of drug-likeness (QED) is 0.639. The molecule has 1 aromatic heterocycles. The molecule has 0 spiro atoms. The fourth-order valence-corrected chi connectivity index (χ4v) is 2.55. The molecule has 118 valence electrons. The number of aromatic nitrogens is 1. The normalized spacial score (nSPS) is 19.3. The summed E-state index contributed by atoms with van der Waals surface area (Å²) < 4.78 is 10.8. The van der Waals surface area contributed by atoms with E-state index < -0.39 is 0 Å². The van der Waals surface area contributed by atoms with Gasteiger partial charge in [-0.05, 0) is 19.8 Å². The lowest BCUT2D eigenvalue weighted by Gasteiger charge is -2.21. The molecule has 0 bridgehead atoms. The second kappa shape index (κ2) is 8.02. The number of nitrogens with zero attached hydrogens (tertiary/aromatic N) is 3. The third-order valence-corrected chi connectivity index (χ3v) is 3.75. The number of aryl methyl sites for hydroxylation is 1. The number of likely N-dealkylation sites (tertiary alicyclic amines) is 1. The maximum atomic E-state index is 5.51. The summed E-state index contributed by atoms with van der Waals surface area (Å²) in [7, 11) is 1.82. The van der Waals surface area contributed by atoms with E-state index in [9.17, 15) is 0 Å². The summed E-state index contributed by atoms with van der Waals surface area (Å²) in [6.07, 6.45) is 2.05. The molecule has 1 N–H and O–H groups in total. The molecule has 1 unspecified atom stereocenters. The van der Waals surface area contributed by atoms with Crippen molar-refractivity contribution in [3.8, 4) is 0 Å². The van der Waals surface area contributed by atoms with E-state index in [4.69, 9.17) is 9.26 Å². The molecule has 0 aliphatic carbocycles. The van der Waals surface area contributed by atoms with Crippen molar-refractivity contribution in [1.82, 2.24) is 15.4 Å². The second-order valence-electron chi connectivity index (χ2n) is 5.30. The molecular weight excluding hydrogens is 268 g/mol. The largest absolute Gasteiger partial charge is 0.381 e. The highest BCUT2D eigenvalue weighted by Crippen LogP contribution is 2.16. The predicted molar refractivity (Wildman–Crippen MR) is 82.3 cm³/mol. The van der Waals surface area contributed by atoms with Gasteiger partial charge in [-0.25, -0.2) is 0 Å². The number of ether oxygens (including phenoxy) is 1. The second-order valence-corrected chi connectivity index (χ2v) is 5.30. The molecule has 0 aromatic carbocycles. The zero-order valence-corrected chi connectivity index (χ0v) is 13.3. The van der Waals surface area contributed by atoms with E-state index in [1.54, 1.807) is 0 Å². The molecule has 6 nitrogen and oxygen atoms in total. The van der Waals surface area contributed by atoms with Crippen molar-refractivity contribution in [3.05, 3.63) is 17.5 Å². The van der Waals surface area contributed by atoms with Crippen LogP contribution >= 0.6 is 0 Å². The average Bonchev–Trinajstić information content (AvgIpc) is 3.15. The zero-order valence-electron chi connectivity index (χ0n) is 13.3. The standard InChI is InChI=1S/C15H26N4O2/c1-4-13-8-14(21-18-13)9-17-15(16-3)19-7-6-12(10-19)11-20-5-2/h8,12H,4-7,9-11H2,1-3H3,(H,16,17). The predicted octanol–water partition coefficient (Wildman–Crippen LogP) is 1.67. The topological polar surface area (TPSA) is 62.9 Å². The van der Waals surface area contributed by atoms with Gasteiger partial charge in [0, 0.05) is 38.7 Å². The molecule has 21 heavy (non-hydrogen) atoms. The smallest absolute Gasteiger partial charge is 0.194 e. The van der Waals surface area contributed by atoms with Gasteiger partial charge in [0.2, 0.25) is 0 Å². The number of rotatable bonds is 6. The van der Waals surface area contributed by atoms with Crippen LogP contribution in [0.3, 0.4) is 0 Å². The van der Waals surface area contributed by atoms with Gasteiger partial charge in [-0.3, -0.25) is 4.99 Å². The summed E-state index contributed by atoms with van der Waals surface area (Å²) in [6, 6.07) is 1.99. The van der Waals surface area contributed by atoms with Crippen LogP contribution in [0.4, 0.5) is 0 Å². The summed E-state index contributed by atoms with van der Waals surface area (Å²) >= 11 is 0. The molecule has 1 aromatic rings. The van der Waals surface area contributed by atoms with Crippen molar-refractivity contribution >= 4 is 5.96 Å². The third kappa shape index (κ3) is 4.46. The first-order valence-corrected chi connectivity index (χ1v) is 7.74. The monoisotopic (exact) mass is 294 g/mol. The number of aliphatic imine (C=N–C) groups is 1. The van der Waals surface area contributed by atoms with Gasteiger partial charge < -0.3 is 19.5 Å². The van der Waals surface area contributed by atoms with E-state index in [1.807, 2.05) is 20.0 Å². The number of hydrogen-bond acceptors (Lipinski definition) is 4. The van der Waals surface area contributed by atoms with Gasteiger partial charge in [0.15, 0.2) is 11.7 Å². The molecule has 2 rings (SSSR count). The maximum Gasteiger partial charge on any atom is 0.194 e. The van der Waals surface area contributed by atoms with Gasteiger partial charge in [-0.1, -0.05) is 12.1 Å². The van der Waals surface area contributed by atoms with Crippen LogP contribution in [0.2, 0.25) is 0 Å². The van der Waals surface area contributed by atoms with E-state index >= 15 is 0 Å². The Morgan fingerprint density at radius 1 is 1.57 bits per heavy atom. The SMILES string of the molecule is CCOCC1CCN(C(=NC)NCc2cc(CC)no2)C1. The van der Waals surface area contributed by atoms with Crippen LogP contribution in [0, 0.1) is 5.92 Å². The van der Waals surface area contributed by atoms with E-state index in [-0.39, 0.29) is 0 Å². The van der Waals surface area contributed by atoms with Crippen LogP contribution in [0.15, 0.2) is 15.6 Å². The summed E-state index contributed by atoms with van der Waals surface area (Å²) in [5, 5.41) is 7.34. The Balaban J connectivity index is 1.81. The Bertz CT molecular complexity index is 458. The highest BCUT2D eigenvalue weighted by Gasteiger charge is 2.24. The molecule has 1 saturated heterocycles. The third-order valence-electron chi connectivity index (χ3n) is 3.75. The minimum atomic E-state index is 0.598. The summed E-state index contributed by atoms with van der Waals surface area (Å²) in [4.78, 5) is 6.63. The molecule has 1 fully saturated rings. The molecule has 0 saturated carbocycles. The molecule has 0 amide bonds. The summed E-state index contributed by atoms with van der Waals surface area (Å²) in [5.41, 5.74) is 0.986. The lowest BCUT2D eigenvalue weighted by atomic mass is 10.1. The number of nitrogens with one attached hydrogen (secondary N) is 1. The van der Waals surface area contributed by atoms with Gasteiger partial charge in [0.1, 0.15) is 0 Å². The first kappa shape index (κ1) is 15.8. The Hall–Kier alpha value is -1.56. The molecule has 0 radical (unpaired) electrons. The fraction of sp³-hybridized carbons (Fsp3) is 0.733. The van der Waals surface area contributed by atoms with Crippen molar-refractivity contribution in [2.75, 3.05) is 33.4 Å². The van der Waals surface area contributed by atoms with Crippen molar-refractivity contribution in [2.45, 2.75) is 33.2 Å². The molecular formula is C15H26N4O2. The van der Waals surface area contributed by atoms with Crippen LogP contribution in [-0.2, 0) is 17.7 Å². The van der Waals surface area contributed by atoms with Crippen molar-refractivity contribution in [1.29, 1.82) is 0 Å². The average molecular weight is 294 g/mol. The van der Waals surface area contributed by atoms with Gasteiger partial charge in [0.05, 0.1) is 18.8 Å².